The molecule has 0 aliphatic rings. The number of aryl methyl sites for hydroxylation is 3. The third-order valence-corrected chi connectivity index (χ3v) is 2.60. The fourth-order valence-electron chi connectivity index (χ4n) is 1.66. The maximum absolute atomic E-state index is 11.5. The molecular weight excluding hydrogens is 296 g/mol. The highest BCUT2D eigenvalue weighted by Crippen LogP contribution is 2.26. The van der Waals surface area contributed by atoms with Crippen molar-refractivity contribution < 1.29 is 9.53 Å². The van der Waals surface area contributed by atoms with E-state index in [1.807, 2.05) is 32.9 Å². The van der Waals surface area contributed by atoms with E-state index in [2.05, 4.69) is 5.32 Å². The summed E-state index contributed by atoms with van der Waals surface area (Å²) in [6.07, 6.45) is -0.642. The molecule has 0 saturated heterocycles. The Labute approximate surface area is 121 Å². The highest BCUT2D eigenvalue weighted by molar-refractivity contribution is 6.67. The highest BCUT2D eigenvalue weighted by Gasteiger charge is 2.22. The van der Waals surface area contributed by atoms with Crippen LogP contribution in [-0.4, -0.2) is 16.5 Å². The monoisotopic (exact) mass is 309 g/mol. The van der Waals surface area contributed by atoms with Crippen LogP contribution in [0.25, 0.3) is 0 Å². The van der Waals surface area contributed by atoms with E-state index >= 15 is 0 Å². The van der Waals surface area contributed by atoms with Crippen molar-refractivity contribution in [2.24, 2.45) is 0 Å². The molecule has 1 amide bonds. The molecular formula is C12H14Cl3NO2. The van der Waals surface area contributed by atoms with Crippen LogP contribution in [0.2, 0.25) is 0 Å². The van der Waals surface area contributed by atoms with Gasteiger partial charge in [-0.3, -0.25) is 5.32 Å². The van der Waals surface area contributed by atoms with Gasteiger partial charge in [-0.15, -0.1) is 0 Å². The van der Waals surface area contributed by atoms with E-state index in [9.17, 15) is 4.79 Å². The summed E-state index contributed by atoms with van der Waals surface area (Å²) in [6.45, 7) is 5.51. The molecule has 0 aliphatic heterocycles. The van der Waals surface area contributed by atoms with Crippen molar-refractivity contribution in [3.8, 4) is 0 Å². The lowest BCUT2D eigenvalue weighted by Crippen LogP contribution is -2.22. The Hall–Kier alpha value is -0.640. The lowest BCUT2D eigenvalue weighted by atomic mass is 10.1. The Morgan fingerprint density at radius 3 is 2.17 bits per heavy atom. The number of carbonyl (C=O) groups is 1. The van der Waals surface area contributed by atoms with Gasteiger partial charge in [0.2, 0.25) is 3.79 Å². The summed E-state index contributed by atoms with van der Waals surface area (Å²) in [4.78, 5) is 11.5. The second-order valence-corrected chi connectivity index (χ2v) is 6.61. The lowest BCUT2D eigenvalue weighted by molar-refractivity contribution is 0.164. The molecule has 1 rings (SSSR count). The summed E-state index contributed by atoms with van der Waals surface area (Å²) in [5.41, 5.74) is 3.76. The maximum atomic E-state index is 11.5. The van der Waals surface area contributed by atoms with Gasteiger partial charge < -0.3 is 4.74 Å². The zero-order valence-electron chi connectivity index (χ0n) is 10.3. The Balaban J connectivity index is 2.71. The zero-order valence-corrected chi connectivity index (χ0v) is 12.6. The molecule has 0 spiro atoms. The Morgan fingerprint density at radius 1 is 1.22 bits per heavy atom. The van der Waals surface area contributed by atoms with Crippen LogP contribution in [0.1, 0.15) is 16.7 Å². The topological polar surface area (TPSA) is 38.3 Å². The minimum Gasteiger partial charge on any atom is -0.445 e. The number of hydrogen-bond acceptors (Lipinski definition) is 2. The zero-order chi connectivity index (χ0) is 13.9. The van der Waals surface area contributed by atoms with E-state index in [4.69, 9.17) is 39.5 Å². The number of alkyl halides is 3. The summed E-state index contributed by atoms with van der Waals surface area (Å²) in [7, 11) is 0. The summed E-state index contributed by atoms with van der Waals surface area (Å²) in [5.74, 6) is 0. The lowest BCUT2D eigenvalue weighted by Gasteiger charge is -2.15. The number of amides is 1. The molecule has 6 heteroatoms. The first-order valence-electron chi connectivity index (χ1n) is 5.27. The summed E-state index contributed by atoms with van der Waals surface area (Å²) in [5, 5.41) is 2.64. The number of benzene rings is 1. The van der Waals surface area contributed by atoms with Crippen molar-refractivity contribution in [3.63, 3.8) is 0 Å². The first kappa shape index (κ1) is 15.4. The molecule has 1 aromatic rings. The van der Waals surface area contributed by atoms with Crippen LogP contribution in [-0.2, 0) is 4.74 Å². The van der Waals surface area contributed by atoms with Crippen molar-refractivity contribution in [3.05, 3.63) is 28.8 Å². The first-order chi connectivity index (χ1) is 8.19. The van der Waals surface area contributed by atoms with Crippen molar-refractivity contribution in [1.82, 2.24) is 0 Å². The fraction of sp³-hybridized carbons (Fsp3) is 0.417. The number of rotatable bonds is 2. The van der Waals surface area contributed by atoms with Gasteiger partial charge in [0, 0.05) is 5.69 Å². The third kappa shape index (κ3) is 4.92. The van der Waals surface area contributed by atoms with Gasteiger partial charge in [0.15, 0.2) is 0 Å². The predicted molar refractivity (Wildman–Crippen MR) is 75.9 cm³/mol. The van der Waals surface area contributed by atoms with Crippen LogP contribution in [0.4, 0.5) is 10.5 Å². The molecule has 1 N–H and O–H groups in total. The normalized spacial score (nSPS) is 11.2. The smallest absolute Gasteiger partial charge is 0.411 e. The van der Waals surface area contributed by atoms with Gasteiger partial charge >= 0.3 is 6.09 Å². The molecule has 0 aromatic heterocycles. The standard InChI is InChI=1S/C12H14Cl3NO2/c1-7-4-8(2)10(9(3)5-7)16-11(17)18-6-12(13,14)15/h4-5H,6H2,1-3H3,(H,16,17). The van der Waals surface area contributed by atoms with Crippen LogP contribution in [0, 0.1) is 20.8 Å². The number of ether oxygens (including phenoxy) is 1. The Bertz CT molecular complexity index is 432. The molecule has 0 heterocycles. The average Bonchev–Trinajstić information content (AvgIpc) is 2.19. The van der Waals surface area contributed by atoms with Crippen LogP contribution in [0.3, 0.4) is 0 Å². The van der Waals surface area contributed by atoms with E-state index in [0.717, 1.165) is 22.4 Å². The fourth-order valence-corrected chi connectivity index (χ4v) is 1.83. The number of carbonyl (C=O) groups excluding carboxylic acids is 1. The van der Waals surface area contributed by atoms with Gasteiger partial charge in [0.1, 0.15) is 6.61 Å². The van der Waals surface area contributed by atoms with E-state index in [0.29, 0.717) is 0 Å². The molecule has 18 heavy (non-hydrogen) atoms. The molecule has 0 saturated carbocycles. The summed E-state index contributed by atoms with van der Waals surface area (Å²) < 4.78 is 3.20. The van der Waals surface area contributed by atoms with Crippen molar-refractivity contribution in [2.45, 2.75) is 24.6 Å². The second kappa shape index (κ2) is 6.00. The van der Waals surface area contributed by atoms with Crippen molar-refractivity contribution in [2.75, 3.05) is 11.9 Å². The van der Waals surface area contributed by atoms with Gasteiger partial charge in [0.05, 0.1) is 0 Å². The number of halogens is 3. The molecule has 0 atom stereocenters. The van der Waals surface area contributed by atoms with Gasteiger partial charge in [-0.05, 0) is 31.9 Å². The van der Waals surface area contributed by atoms with Crippen LogP contribution in [0.15, 0.2) is 12.1 Å². The van der Waals surface area contributed by atoms with E-state index in [1.54, 1.807) is 0 Å². The van der Waals surface area contributed by atoms with E-state index in [-0.39, 0.29) is 6.61 Å². The van der Waals surface area contributed by atoms with Crippen LogP contribution >= 0.6 is 34.8 Å². The number of anilines is 1. The Kier molecular flexibility index (Phi) is 5.14. The molecule has 100 valence electrons. The molecule has 0 aliphatic carbocycles. The van der Waals surface area contributed by atoms with Gasteiger partial charge in [-0.2, -0.15) is 0 Å². The van der Waals surface area contributed by atoms with Gasteiger partial charge in [0.25, 0.3) is 0 Å². The quantitative estimate of drug-likeness (QED) is 0.815. The molecule has 0 fully saturated rings. The van der Waals surface area contributed by atoms with Crippen LogP contribution < -0.4 is 5.32 Å². The predicted octanol–water partition coefficient (Wildman–Crippen LogP) is 4.53. The molecule has 0 radical (unpaired) electrons. The molecule has 0 unspecified atom stereocenters. The number of hydrogen-bond donors (Lipinski definition) is 1. The van der Waals surface area contributed by atoms with Crippen molar-refractivity contribution >= 4 is 46.6 Å². The van der Waals surface area contributed by atoms with E-state index in [1.165, 1.54) is 0 Å². The SMILES string of the molecule is Cc1cc(C)c(NC(=O)OCC(Cl)(Cl)Cl)c(C)c1. The average molecular weight is 311 g/mol. The largest absolute Gasteiger partial charge is 0.445 e. The first-order valence-corrected chi connectivity index (χ1v) is 6.41. The highest BCUT2D eigenvalue weighted by atomic mass is 35.6. The summed E-state index contributed by atoms with van der Waals surface area (Å²) >= 11 is 16.5. The Morgan fingerprint density at radius 2 is 1.72 bits per heavy atom. The minimum absolute atomic E-state index is 0.298. The molecule has 0 bridgehead atoms. The van der Waals surface area contributed by atoms with Gasteiger partial charge in [-0.25, -0.2) is 4.79 Å². The molecule has 1 aromatic carbocycles. The second-order valence-electron chi connectivity index (χ2n) is 4.09. The maximum Gasteiger partial charge on any atom is 0.411 e. The number of nitrogens with one attached hydrogen (secondary N) is 1. The summed E-state index contributed by atoms with van der Waals surface area (Å²) in [6, 6.07) is 3.94. The van der Waals surface area contributed by atoms with Crippen LogP contribution in [0.5, 0.6) is 0 Å². The third-order valence-electron chi connectivity index (χ3n) is 2.27. The van der Waals surface area contributed by atoms with E-state index < -0.39 is 9.89 Å². The molecule has 3 nitrogen and oxygen atoms in total. The minimum atomic E-state index is -1.60. The van der Waals surface area contributed by atoms with Crippen molar-refractivity contribution in [1.29, 1.82) is 0 Å². The van der Waals surface area contributed by atoms with Gasteiger partial charge in [-0.1, -0.05) is 52.5 Å².